The topological polar surface area (TPSA) is 64.4 Å². The fraction of sp³-hybridized carbons (Fsp3) is 0.562. The van der Waals surface area contributed by atoms with Gasteiger partial charge in [0.1, 0.15) is 0 Å². The van der Waals surface area contributed by atoms with E-state index < -0.39 is 0 Å². The molecule has 0 heterocycles. The maximum Gasteiger partial charge on any atom is 0.159 e. The molecule has 20 heavy (non-hydrogen) atoms. The third-order valence-electron chi connectivity index (χ3n) is 3.86. The molecule has 0 bridgehead atoms. The molecule has 0 atom stereocenters. The summed E-state index contributed by atoms with van der Waals surface area (Å²) in [7, 11) is 0. The molecule has 1 aromatic carbocycles. The Morgan fingerprint density at radius 3 is 2.75 bits per heavy atom. The lowest BCUT2D eigenvalue weighted by molar-refractivity contribution is 0.302. The van der Waals surface area contributed by atoms with Crippen LogP contribution in [0.4, 0.5) is 5.69 Å². The highest BCUT2D eigenvalue weighted by atomic mass is 32.2. The molecule has 0 unspecified atom stereocenters. The zero-order valence-electron chi connectivity index (χ0n) is 12.3. The SMILES string of the molecule is CCCSC(N)=Nc1cccc(C2(N)CCCCC2)c1. The standard InChI is InChI=1S/C16H25N3S/c1-2-11-20-15(17)19-14-8-6-7-13(12-14)16(18)9-4-3-5-10-16/h6-8,12H,2-5,9-11,18H2,1H3,(H2,17,19). The number of aliphatic imine (C=N–C) groups is 1. The zero-order valence-corrected chi connectivity index (χ0v) is 13.1. The fourth-order valence-corrected chi connectivity index (χ4v) is 3.31. The Morgan fingerprint density at radius 1 is 1.30 bits per heavy atom. The third-order valence-corrected chi connectivity index (χ3v) is 4.86. The molecule has 0 saturated heterocycles. The summed E-state index contributed by atoms with van der Waals surface area (Å²) in [5.74, 6) is 1.01. The number of thioether (sulfide) groups is 1. The third kappa shape index (κ3) is 4.00. The van der Waals surface area contributed by atoms with E-state index >= 15 is 0 Å². The summed E-state index contributed by atoms with van der Waals surface area (Å²) in [5, 5.41) is 0.638. The molecule has 1 aliphatic rings. The van der Waals surface area contributed by atoms with E-state index in [0.717, 1.165) is 30.7 Å². The molecule has 2 rings (SSSR count). The van der Waals surface area contributed by atoms with Crippen LogP contribution in [-0.2, 0) is 5.54 Å². The van der Waals surface area contributed by atoms with Crippen LogP contribution >= 0.6 is 11.8 Å². The lowest BCUT2D eigenvalue weighted by Crippen LogP contribution is -2.38. The highest BCUT2D eigenvalue weighted by Gasteiger charge is 2.29. The quantitative estimate of drug-likeness (QED) is 0.653. The van der Waals surface area contributed by atoms with E-state index in [1.54, 1.807) is 11.8 Å². The predicted molar refractivity (Wildman–Crippen MR) is 89.4 cm³/mol. The molecule has 1 aliphatic carbocycles. The first-order valence-corrected chi connectivity index (χ1v) is 8.49. The van der Waals surface area contributed by atoms with Crippen molar-refractivity contribution in [3.05, 3.63) is 29.8 Å². The Kier molecular flexibility index (Phi) is 5.49. The molecular weight excluding hydrogens is 266 g/mol. The Labute approximate surface area is 126 Å². The smallest absolute Gasteiger partial charge is 0.159 e. The molecule has 0 radical (unpaired) electrons. The molecule has 4 N–H and O–H groups in total. The second kappa shape index (κ2) is 7.14. The van der Waals surface area contributed by atoms with Crippen molar-refractivity contribution in [2.75, 3.05) is 5.75 Å². The van der Waals surface area contributed by atoms with Gasteiger partial charge in [-0.05, 0) is 37.0 Å². The van der Waals surface area contributed by atoms with Gasteiger partial charge in [0.15, 0.2) is 5.17 Å². The summed E-state index contributed by atoms with van der Waals surface area (Å²) in [6, 6.07) is 8.26. The van der Waals surface area contributed by atoms with Crippen LogP contribution in [0, 0.1) is 0 Å². The van der Waals surface area contributed by atoms with Gasteiger partial charge in [0, 0.05) is 11.3 Å². The predicted octanol–water partition coefficient (Wildman–Crippen LogP) is 3.89. The van der Waals surface area contributed by atoms with E-state index in [1.807, 2.05) is 12.1 Å². The second-order valence-corrected chi connectivity index (χ2v) is 6.68. The number of amidine groups is 1. The minimum absolute atomic E-state index is 0.172. The van der Waals surface area contributed by atoms with Crippen LogP contribution in [0.1, 0.15) is 51.0 Å². The molecule has 0 spiro atoms. The molecule has 0 aromatic heterocycles. The number of hydrogen-bond donors (Lipinski definition) is 2. The van der Waals surface area contributed by atoms with Gasteiger partial charge in [0.25, 0.3) is 0 Å². The normalized spacial score (nSPS) is 19.0. The molecular formula is C16H25N3S. The summed E-state index contributed by atoms with van der Waals surface area (Å²) in [6.45, 7) is 2.14. The van der Waals surface area contributed by atoms with Crippen molar-refractivity contribution < 1.29 is 0 Å². The van der Waals surface area contributed by atoms with Crippen LogP contribution in [0.15, 0.2) is 29.3 Å². The summed E-state index contributed by atoms with van der Waals surface area (Å²) in [4.78, 5) is 4.48. The zero-order chi connectivity index (χ0) is 14.4. The van der Waals surface area contributed by atoms with Crippen LogP contribution in [0.5, 0.6) is 0 Å². The van der Waals surface area contributed by atoms with Gasteiger partial charge >= 0.3 is 0 Å². The van der Waals surface area contributed by atoms with E-state index in [1.165, 1.54) is 24.8 Å². The maximum absolute atomic E-state index is 6.58. The minimum Gasteiger partial charge on any atom is -0.378 e. The van der Waals surface area contributed by atoms with E-state index in [9.17, 15) is 0 Å². The first-order valence-electron chi connectivity index (χ1n) is 7.50. The summed E-state index contributed by atoms with van der Waals surface area (Å²) in [5.41, 5.74) is 14.5. The van der Waals surface area contributed by atoms with Gasteiger partial charge in [0.05, 0.1) is 5.69 Å². The van der Waals surface area contributed by atoms with E-state index in [0.29, 0.717) is 5.17 Å². The Bertz CT molecular complexity index is 465. The van der Waals surface area contributed by atoms with Gasteiger partial charge in [-0.25, -0.2) is 4.99 Å². The first-order chi connectivity index (χ1) is 9.64. The molecule has 3 nitrogen and oxygen atoms in total. The van der Waals surface area contributed by atoms with Crippen molar-refractivity contribution in [3.8, 4) is 0 Å². The van der Waals surface area contributed by atoms with E-state index in [4.69, 9.17) is 11.5 Å². The maximum atomic E-state index is 6.58. The molecule has 0 aliphatic heterocycles. The van der Waals surface area contributed by atoms with Gasteiger partial charge in [-0.1, -0.05) is 50.1 Å². The van der Waals surface area contributed by atoms with Gasteiger partial charge in [-0.2, -0.15) is 0 Å². The van der Waals surface area contributed by atoms with Gasteiger partial charge in [0.2, 0.25) is 0 Å². The second-order valence-electron chi connectivity index (χ2n) is 5.57. The van der Waals surface area contributed by atoms with Crippen molar-refractivity contribution >= 4 is 22.6 Å². The van der Waals surface area contributed by atoms with Crippen LogP contribution in [0.2, 0.25) is 0 Å². The fourth-order valence-electron chi connectivity index (χ4n) is 2.72. The van der Waals surface area contributed by atoms with Crippen LogP contribution < -0.4 is 11.5 Å². The van der Waals surface area contributed by atoms with Crippen LogP contribution in [0.3, 0.4) is 0 Å². The first kappa shape index (κ1) is 15.4. The lowest BCUT2D eigenvalue weighted by atomic mass is 9.77. The van der Waals surface area contributed by atoms with Crippen molar-refractivity contribution in [1.82, 2.24) is 0 Å². The number of hydrogen-bond acceptors (Lipinski definition) is 3. The molecule has 0 amide bonds. The van der Waals surface area contributed by atoms with Crippen molar-refractivity contribution in [1.29, 1.82) is 0 Å². The largest absolute Gasteiger partial charge is 0.378 e. The lowest BCUT2D eigenvalue weighted by Gasteiger charge is -2.34. The number of benzene rings is 1. The molecule has 1 saturated carbocycles. The summed E-state index contributed by atoms with van der Waals surface area (Å²) in [6.07, 6.45) is 6.99. The highest BCUT2D eigenvalue weighted by molar-refractivity contribution is 8.13. The Balaban J connectivity index is 2.15. The van der Waals surface area contributed by atoms with Crippen molar-refractivity contribution in [2.24, 2.45) is 16.5 Å². The van der Waals surface area contributed by atoms with Gasteiger partial charge in [-0.3, -0.25) is 0 Å². The average molecular weight is 291 g/mol. The van der Waals surface area contributed by atoms with Crippen LogP contribution in [-0.4, -0.2) is 10.9 Å². The average Bonchev–Trinajstić information content (AvgIpc) is 2.46. The van der Waals surface area contributed by atoms with Crippen molar-refractivity contribution in [3.63, 3.8) is 0 Å². The number of nitrogens with zero attached hydrogens (tertiary/aromatic N) is 1. The number of nitrogens with two attached hydrogens (primary N) is 2. The summed E-state index contributed by atoms with van der Waals surface area (Å²) >= 11 is 1.61. The summed E-state index contributed by atoms with van der Waals surface area (Å²) < 4.78 is 0. The number of rotatable bonds is 4. The Hall–Kier alpha value is -1.00. The Morgan fingerprint density at radius 2 is 2.05 bits per heavy atom. The van der Waals surface area contributed by atoms with E-state index in [2.05, 4.69) is 24.0 Å². The van der Waals surface area contributed by atoms with Gasteiger partial charge < -0.3 is 11.5 Å². The van der Waals surface area contributed by atoms with E-state index in [-0.39, 0.29) is 5.54 Å². The minimum atomic E-state index is -0.172. The monoisotopic (exact) mass is 291 g/mol. The van der Waals surface area contributed by atoms with Crippen molar-refractivity contribution in [2.45, 2.75) is 51.0 Å². The molecule has 1 aromatic rings. The highest BCUT2D eigenvalue weighted by Crippen LogP contribution is 2.36. The van der Waals surface area contributed by atoms with Crippen LogP contribution in [0.25, 0.3) is 0 Å². The molecule has 110 valence electrons. The molecule has 1 fully saturated rings. The molecule has 4 heteroatoms. The van der Waals surface area contributed by atoms with Gasteiger partial charge in [-0.15, -0.1) is 0 Å².